The summed E-state index contributed by atoms with van der Waals surface area (Å²) in [5.74, 6) is 1.54. The molecule has 0 spiro atoms. The third-order valence-corrected chi connectivity index (χ3v) is 6.38. The minimum atomic E-state index is -0.194. The van der Waals surface area contributed by atoms with E-state index >= 15 is 0 Å². The Bertz CT molecular complexity index is 925. The van der Waals surface area contributed by atoms with Crippen molar-refractivity contribution >= 4 is 23.4 Å². The predicted molar refractivity (Wildman–Crippen MR) is 129 cm³/mol. The largest absolute Gasteiger partial charge is 0.369 e. The van der Waals surface area contributed by atoms with Crippen LogP contribution in [-0.4, -0.2) is 56.1 Å². The normalized spacial score (nSPS) is 19.8. The molecule has 8 heteroatoms. The summed E-state index contributed by atoms with van der Waals surface area (Å²) >= 11 is 0. The van der Waals surface area contributed by atoms with Gasteiger partial charge in [-0.15, -0.1) is 0 Å². The second kappa shape index (κ2) is 10.3. The number of nitrogens with zero attached hydrogens (tertiary/aromatic N) is 4. The van der Waals surface area contributed by atoms with Crippen molar-refractivity contribution in [3.63, 3.8) is 0 Å². The fourth-order valence-corrected chi connectivity index (χ4v) is 4.55. The summed E-state index contributed by atoms with van der Waals surface area (Å²) in [5, 5.41) is 7.02. The molecule has 2 aliphatic rings. The van der Waals surface area contributed by atoms with Crippen molar-refractivity contribution < 1.29 is 4.79 Å². The van der Waals surface area contributed by atoms with Gasteiger partial charge in [-0.1, -0.05) is 24.3 Å². The van der Waals surface area contributed by atoms with Gasteiger partial charge in [0.15, 0.2) is 5.96 Å². The number of carbonyl (C=O) groups excluding carboxylic acids is 1. The molecule has 2 aliphatic heterocycles. The van der Waals surface area contributed by atoms with Crippen LogP contribution in [0.15, 0.2) is 53.7 Å². The lowest BCUT2D eigenvalue weighted by molar-refractivity contribution is -0.122. The van der Waals surface area contributed by atoms with Crippen LogP contribution < -0.4 is 26.2 Å². The number of benzene rings is 1. The maximum atomic E-state index is 11.5. The molecule has 0 aliphatic carbocycles. The molecule has 32 heavy (non-hydrogen) atoms. The van der Waals surface area contributed by atoms with E-state index in [1.54, 1.807) is 7.05 Å². The third-order valence-electron chi connectivity index (χ3n) is 6.38. The minimum absolute atomic E-state index is 0.0265. The van der Waals surface area contributed by atoms with Gasteiger partial charge in [-0.2, -0.15) is 0 Å². The van der Waals surface area contributed by atoms with Gasteiger partial charge in [0.1, 0.15) is 5.82 Å². The average Bonchev–Trinajstić information content (AvgIpc) is 3.31. The first-order chi connectivity index (χ1) is 15.6. The zero-order valence-corrected chi connectivity index (χ0v) is 18.7. The van der Waals surface area contributed by atoms with Gasteiger partial charge in [0, 0.05) is 69.2 Å². The van der Waals surface area contributed by atoms with Crippen LogP contribution in [0.4, 0.5) is 11.5 Å². The number of hydrogen-bond acceptors (Lipinski definition) is 5. The molecule has 0 saturated carbocycles. The number of hydrogen-bond donors (Lipinski definition) is 3. The Kier molecular flexibility index (Phi) is 7.09. The first-order valence-electron chi connectivity index (χ1n) is 11.4. The van der Waals surface area contributed by atoms with Gasteiger partial charge in [0.25, 0.3) is 0 Å². The molecule has 0 radical (unpaired) electrons. The quantitative estimate of drug-likeness (QED) is 0.472. The summed E-state index contributed by atoms with van der Waals surface area (Å²) in [6.45, 7) is 4.21. The van der Waals surface area contributed by atoms with Crippen LogP contribution in [-0.2, 0) is 11.3 Å². The highest BCUT2D eigenvalue weighted by Crippen LogP contribution is 2.24. The molecule has 2 aromatic rings. The number of para-hydroxylation sites is 1. The highest BCUT2D eigenvalue weighted by atomic mass is 16.1. The Hall–Kier alpha value is -3.29. The Morgan fingerprint density at radius 1 is 1.09 bits per heavy atom. The summed E-state index contributed by atoms with van der Waals surface area (Å²) in [4.78, 5) is 25.2. The molecule has 1 unspecified atom stereocenters. The standard InChI is InChI=1S/C24H33N7O/c1-26-24(29-20-11-15-31(17-20)21-7-3-2-4-8-21)28-16-19-6-5-12-27-23(19)30-13-9-18(10-14-30)22(25)32/h2-8,12,18,20H,9-11,13-17H2,1H3,(H2,25,32)(H2,26,28,29). The first-order valence-corrected chi connectivity index (χ1v) is 11.4. The van der Waals surface area contributed by atoms with Gasteiger partial charge in [-0.3, -0.25) is 9.79 Å². The number of piperidine rings is 1. The van der Waals surface area contributed by atoms with E-state index in [9.17, 15) is 4.79 Å². The molecule has 1 aromatic carbocycles. The van der Waals surface area contributed by atoms with E-state index in [-0.39, 0.29) is 11.8 Å². The first kappa shape index (κ1) is 21.9. The lowest BCUT2D eigenvalue weighted by Crippen LogP contribution is -2.44. The summed E-state index contributed by atoms with van der Waals surface area (Å²) < 4.78 is 0. The third kappa shape index (κ3) is 5.30. The van der Waals surface area contributed by atoms with Crippen LogP contribution in [0.2, 0.25) is 0 Å². The number of nitrogens with one attached hydrogen (secondary N) is 2. The number of guanidine groups is 1. The summed E-state index contributed by atoms with van der Waals surface area (Å²) in [6.07, 6.45) is 4.45. The lowest BCUT2D eigenvalue weighted by atomic mass is 9.96. The van der Waals surface area contributed by atoms with E-state index in [1.165, 1.54) is 5.69 Å². The van der Waals surface area contributed by atoms with E-state index in [4.69, 9.17) is 5.73 Å². The molecule has 2 saturated heterocycles. The number of carbonyl (C=O) groups is 1. The van der Waals surface area contributed by atoms with Crippen molar-refractivity contribution in [3.8, 4) is 0 Å². The molecule has 1 aromatic heterocycles. The maximum absolute atomic E-state index is 11.5. The molecule has 170 valence electrons. The molecule has 2 fully saturated rings. The Morgan fingerprint density at radius 3 is 2.56 bits per heavy atom. The molecule has 0 bridgehead atoms. The Labute approximate surface area is 189 Å². The number of rotatable bonds is 6. The minimum Gasteiger partial charge on any atom is -0.369 e. The zero-order valence-electron chi connectivity index (χ0n) is 18.7. The van der Waals surface area contributed by atoms with Crippen molar-refractivity contribution in [2.75, 3.05) is 43.0 Å². The molecular formula is C24H33N7O. The number of aliphatic imine (C=N–C) groups is 1. The smallest absolute Gasteiger partial charge is 0.220 e. The topological polar surface area (TPSA) is 98.9 Å². The fourth-order valence-electron chi connectivity index (χ4n) is 4.55. The molecular weight excluding hydrogens is 402 g/mol. The number of anilines is 2. The van der Waals surface area contributed by atoms with E-state index in [0.29, 0.717) is 12.6 Å². The molecule has 1 amide bonds. The van der Waals surface area contributed by atoms with Crippen molar-refractivity contribution in [1.82, 2.24) is 15.6 Å². The highest BCUT2D eigenvalue weighted by Gasteiger charge is 2.26. The van der Waals surface area contributed by atoms with Crippen LogP contribution in [0, 0.1) is 5.92 Å². The fraction of sp³-hybridized carbons (Fsp3) is 0.458. The molecule has 4 rings (SSSR count). The van der Waals surface area contributed by atoms with Gasteiger partial charge >= 0.3 is 0 Å². The number of aromatic nitrogens is 1. The van der Waals surface area contributed by atoms with Gasteiger partial charge in [-0.25, -0.2) is 4.98 Å². The van der Waals surface area contributed by atoms with Crippen molar-refractivity contribution in [1.29, 1.82) is 0 Å². The van der Waals surface area contributed by atoms with E-state index in [1.807, 2.05) is 18.3 Å². The van der Waals surface area contributed by atoms with Crippen LogP contribution in [0.1, 0.15) is 24.8 Å². The Morgan fingerprint density at radius 2 is 1.84 bits per heavy atom. The second-order valence-electron chi connectivity index (χ2n) is 8.49. The van der Waals surface area contributed by atoms with Gasteiger partial charge < -0.3 is 26.2 Å². The summed E-state index contributed by atoms with van der Waals surface area (Å²) in [5.41, 5.74) is 7.86. The van der Waals surface area contributed by atoms with E-state index in [2.05, 4.69) is 60.7 Å². The molecule has 3 heterocycles. The summed E-state index contributed by atoms with van der Waals surface area (Å²) in [7, 11) is 1.80. The lowest BCUT2D eigenvalue weighted by Gasteiger charge is -2.32. The Balaban J connectivity index is 1.32. The second-order valence-corrected chi connectivity index (χ2v) is 8.49. The van der Waals surface area contributed by atoms with Gasteiger partial charge in [0.05, 0.1) is 0 Å². The monoisotopic (exact) mass is 435 g/mol. The number of amides is 1. The van der Waals surface area contributed by atoms with Crippen LogP contribution >= 0.6 is 0 Å². The van der Waals surface area contributed by atoms with Crippen LogP contribution in [0.5, 0.6) is 0 Å². The van der Waals surface area contributed by atoms with E-state index in [0.717, 1.165) is 62.8 Å². The van der Waals surface area contributed by atoms with Crippen molar-refractivity contribution in [3.05, 3.63) is 54.2 Å². The van der Waals surface area contributed by atoms with E-state index < -0.39 is 0 Å². The highest BCUT2D eigenvalue weighted by molar-refractivity contribution is 5.80. The zero-order chi connectivity index (χ0) is 22.3. The number of nitrogens with two attached hydrogens (primary N) is 1. The van der Waals surface area contributed by atoms with Crippen molar-refractivity contribution in [2.45, 2.75) is 31.8 Å². The summed E-state index contributed by atoms with van der Waals surface area (Å²) in [6, 6.07) is 14.9. The van der Waals surface area contributed by atoms with Gasteiger partial charge in [0.2, 0.25) is 5.91 Å². The van der Waals surface area contributed by atoms with Crippen LogP contribution in [0.3, 0.4) is 0 Å². The SMILES string of the molecule is CN=C(NCc1cccnc1N1CCC(C(N)=O)CC1)NC1CCN(c2ccccc2)C1. The molecule has 8 nitrogen and oxygen atoms in total. The van der Waals surface area contributed by atoms with Gasteiger partial charge in [-0.05, 0) is 37.5 Å². The predicted octanol–water partition coefficient (Wildman–Crippen LogP) is 1.73. The number of pyridine rings is 1. The average molecular weight is 436 g/mol. The molecule has 1 atom stereocenters. The maximum Gasteiger partial charge on any atom is 0.220 e. The van der Waals surface area contributed by atoms with Crippen LogP contribution in [0.25, 0.3) is 0 Å². The van der Waals surface area contributed by atoms with Crippen molar-refractivity contribution in [2.24, 2.45) is 16.6 Å². The number of primary amides is 1. The molecule has 4 N–H and O–H groups in total.